The van der Waals surface area contributed by atoms with E-state index in [4.69, 9.17) is 9.66 Å². The molecule has 15 heavy (non-hydrogen) atoms. The lowest BCUT2D eigenvalue weighted by Crippen LogP contribution is -2.14. The molecule has 0 amide bonds. The Morgan fingerprint density at radius 1 is 1.53 bits per heavy atom. The molecule has 0 spiro atoms. The van der Waals surface area contributed by atoms with E-state index in [0.29, 0.717) is 11.8 Å². The molecule has 0 fully saturated rings. The first-order valence-corrected chi connectivity index (χ1v) is 5.38. The number of carbonyl (C=O) groups excluding carboxylic acids is 1. The first-order chi connectivity index (χ1) is 6.76. The van der Waals surface area contributed by atoms with E-state index in [1.807, 2.05) is 0 Å². The van der Waals surface area contributed by atoms with Crippen LogP contribution in [0, 0.1) is 0 Å². The smallest absolute Gasteiger partial charge is 0.332 e. The molecule has 0 bridgehead atoms. The van der Waals surface area contributed by atoms with Gasteiger partial charge in [0.15, 0.2) is 0 Å². The van der Waals surface area contributed by atoms with Gasteiger partial charge in [-0.25, -0.2) is 4.79 Å². The lowest BCUT2D eigenvalue weighted by atomic mass is 10.5. The van der Waals surface area contributed by atoms with E-state index in [-0.39, 0.29) is 0 Å². The second kappa shape index (κ2) is 8.16. The van der Waals surface area contributed by atoms with Crippen LogP contribution in [0.4, 0.5) is 0 Å². The van der Waals surface area contributed by atoms with Crippen LogP contribution in [0.2, 0.25) is 0 Å². The van der Waals surface area contributed by atoms with Crippen molar-refractivity contribution in [2.45, 2.75) is 19.6 Å². The molecule has 0 aromatic heterocycles. The minimum Gasteiger partial charge on any atom is -0.433 e. The van der Waals surface area contributed by atoms with Crippen molar-refractivity contribution in [3.05, 3.63) is 24.6 Å². The van der Waals surface area contributed by atoms with Crippen molar-refractivity contribution in [1.82, 2.24) is 0 Å². The molecule has 0 heterocycles. The molecular formula is C8H14O6S. The van der Waals surface area contributed by atoms with Crippen LogP contribution in [0.1, 0.15) is 13.3 Å². The van der Waals surface area contributed by atoms with Gasteiger partial charge in [-0.15, -0.1) is 0 Å². The van der Waals surface area contributed by atoms with Crippen molar-refractivity contribution < 1.29 is 27.6 Å². The number of esters is 1. The van der Waals surface area contributed by atoms with Gasteiger partial charge in [0, 0.05) is 12.5 Å². The Morgan fingerprint density at radius 3 is 2.13 bits per heavy atom. The van der Waals surface area contributed by atoms with Crippen molar-refractivity contribution in [2.75, 3.05) is 0 Å². The zero-order valence-corrected chi connectivity index (χ0v) is 9.11. The third-order valence-corrected chi connectivity index (χ3v) is 1.40. The van der Waals surface area contributed by atoms with Crippen LogP contribution in [0.25, 0.3) is 0 Å². The summed E-state index contributed by atoms with van der Waals surface area (Å²) in [6.45, 7) is 7.67. The third kappa shape index (κ3) is 15.6. The Balaban J connectivity index is 0. The Hall–Kier alpha value is -1.18. The van der Waals surface area contributed by atoms with Gasteiger partial charge in [-0.05, 0) is 0 Å². The van der Waals surface area contributed by atoms with Crippen LogP contribution < -0.4 is 0 Å². The average Bonchev–Trinajstić information content (AvgIpc) is 2.17. The van der Waals surface area contributed by atoms with Crippen LogP contribution in [-0.2, 0) is 19.6 Å². The SMILES string of the molecule is C=CC(=O)OC(O)CC.C=CS(=O)(=O)O. The summed E-state index contributed by atoms with van der Waals surface area (Å²) >= 11 is 0. The maximum Gasteiger partial charge on any atom is 0.332 e. The second-order valence-corrected chi connectivity index (χ2v) is 3.55. The van der Waals surface area contributed by atoms with Crippen molar-refractivity contribution in [3.63, 3.8) is 0 Å². The maximum atomic E-state index is 10.3. The predicted molar refractivity (Wildman–Crippen MR) is 54.3 cm³/mol. The standard InChI is InChI=1S/C6H10O3.C2H4O3S/c1-3-5(7)9-6(8)4-2;1-2-6(3,4)5/h3,6,8H,1,4H2,2H3;2H,1H2,(H,3,4,5). The minimum absolute atomic E-state index is 0.402. The molecule has 0 aromatic rings. The summed E-state index contributed by atoms with van der Waals surface area (Å²) in [4.78, 5) is 10.3. The van der Waals surface area contributed by atoms with Gasteiger partial charge in [-0.3, -0.25) is 4.55 Å². The highest BCUT2D eigenvalue weighted by Gasteiger charge is 2.02. The lowest BCUT2D eigenvalue weighted by molar-refractivity contribution is -0.161. The molecule has 7 heteroatoms. The summed E-state index contributed by atoms with van der Waals surface area (Å²) in [5.41, 5.74) is 0. The summed E-state index contributed by atoms with van der Waals surface area (Å²) < 4.78 is 30.9. The average molecular weight is 238 g/mol. The normalized spacial score (nSPS) is 11.7. The fourth-order valence-electron chi connectivity index (χ4n) is 0.266. The van der Waals surface area contributed by atoms with E-state index in [0.717, 1.165) is 6.08 Å². The molecule has 0 saturated carbocycles. The summed E-state index contributed by atoms with van der Waals surface area (Å²) in [5.74, 6) is -0.593. The highest BCUT2D eigenvalue weighted by Crippen LogP contribution is 1.92. The minimum atomic E-state index is -3.90. The van der Waals surface area contributed by atoms with E-state index >= 15 is 0 Å². The van der Waals surface area contributed by atoms with E-state index < -0.39 is 22.4 Å². The van der Waals surface area contributed by atoms with E-state index in [1.54, 1.807) is 6.92 Å². The number of aliphatic hydroxyl groups excluding tert-OH is 1. The predicted octanol–water partition coefficient (Wildman–Crippen LogP) is 0.462. The van der Waals surface area contributed by atoms with Gasteiger partial charge in [-0.2, -0.15) is 8.42 Å². The first kappa shape index (κ1) is 16.3. The molecule has 1 atom stereocenters. The fraction of sp³-hybridized carbons (Fsp3) is 0.375. The molecule has 0 rings (SSSR count). The molecular weight excluding hydrogens is 224 g/mol. The summed E-state index contributed by atoms with van der Waals surface area (Å²) in [6.07, 6.45) is 0.425. The van der Waals surface area contributed by atoms with Crippen molar-refractivity contribution >= 4 is 16.1 Å². The third-order valence-electron chi connectivity index (χ3n) is 0.979. The molecule has 0 aliphatic heterocycles. The Morgan fingerprint density at radius 2 is 1.93 bits per heavy atom. The first-order valence-electron chi connectivity index (χ1n) is 3.87. The van der Waals surface area contributed by atoms with Gasteiger partial charge in [0.05, 0.1) is 5.41 Å². The van der Waals surface area contributed by atoms with Crippen LogP contribution in [0.5, 0.6) is 0 Å². The number of aliphatic hydroxyl groups is 1. The second-order valence-electron chi connectivity index (χ2n) is 2.19. The number of ether oxygens (including phenoxy) is 1. The van der Waals surface area contributed by atoms with Gasteiger partial charge in [0.2, 0.25) is 6.29 Å². The molecule has 0 aliphatic rings. The molecule has 0 aromatic carbocycles. The highest BCUT2D eigenvalue weighted by atomic mass is 32.2. The van der Waals surface area contributed by atoms with Gasteiger partial charge < -0.3 is 9.84 Å². The monoisotopic (exact) mass is 238 g/mol. The largest absolute Gasteiger partial charge is 0.433 e. The maximum absolute atomic E-state index is 10.3. The lowest BCUT2D eigenvalue weighted by Gasteiger charge is -2.05. The zero-order valence-electron chi connectivity index (χ0n) is 8.29. The van der Waals surface area contributed by atoms with Gasteiger partial charge in [0.25, 0.3) is 10.1 Å². The van der Waals surface area contributed by atoms with Crippen LogP contribution in [-0.4, -0.2) is 30.3 Å². The molecule has 88 valence electrons. The summed E-state index contributed by atoms with van der Waals surface area (Å²) in [7, 11) is -3.90. The molecule has 0 saturated heterocycles. The molecule has 0 radical (unpaired) electrons. The molecule has 6 nitrogen and oxygen atoms in total. The van der Waals surface area contributed by atoms with Crippen LogP contribution in [0.3, 0.4) is 0 Å². The Labute approximate surface area is 88.6 Å². The molecule has 1 unspecified atom stereocenters. The van der Waals surface area contributed by atoms with Gasteiger partial charge >= 0.3 is 5.97 Å². The Kier molecular flexibility index (Phi) is 8.84. The fourth-order valence-corrected chi connectivity index (χ4v) is 0.266. The van der Waals surface area contributed by atoms with Crippen molar-refractivity contribution in [1.29, 1.82) is 0 Å². The summed E-state index contributed by atoms with van der Waals surface area (Å²) in [5, 5.41) is 9.13. The number of rotatable bonds is 4. The van der Waals surface area contributed by atoms with E-state index in [2.05, 4.69) is 17.9 Å². The Bertz CT molecular complexity index is 293. The zero-order chi connectivity index (χ0) is 12.5. The number of carbonyl (C=O) groups is 1. The van der Waals surface area contributed by atoms with Crippen molar-refractivity contribution in [2.24, 2.45) is 0 Å². The van der Waals surface area contributed by atoms with Crippen LogP contribution >= 0.6 is 0 Å². The van der Waals surface area contributed by atoms with E-state index in [1.165, 1.54) is 0 Å². The molecule has 2 N–H and O–H groups in total. The quantitative estimate of drug-likeness (QED) is 0.319. The summed E-state index contributed by atoms with van der Waals surface area (Å²) in [6, 6.07) is 0. The number of hydrogen-bond acceptors (Lipinski definition) is 5. The highest BCUT2D eigenvalue weighted by molar-refractivity contribution is 7.88. The van der Waals surface area contributed by atoms with E-state index in [9.17, 15) is 13.2 Å². The number of hydrogen-bond donors (Lipinski definition) is 2. The van der Waals surface area contributed by atoms with Crippen LogP contribution in [0.15, 0.2) is 24.6 Å². The van der Waals surface area contributed by atoms with Gasteiger partial charge in [0.1, 0.15) is 0 Å². The topological polar surface area (TPSA) is 101 Å². The van der Waals surface area contributed by atoms with Crippen molar-refractivity contribution in [3.8, 4) is 0 Å². The van der Waals surface area contributed by atoms with Gasteiger partial charge in [-0.1, -0.05) is 20.1 Å². The molecule has 0 aliphatic carbocycles.